The van der Waals surface area contributed by atoms with E-state index in [0.717, 1.165) is 5.08 Å². The minimum Gasteiger partial charge on any atom is -0.459 e. The Balaban J connectivity index is 2.16. The molecule has 7 heteroatoms. The average Bonchev–Trinajstić information content (AvgIpc) is 2.35. The lowest BCUT2D eigenvalue weighted by atomic mass is 10.2. The molecule has 1 aliphatic heterocycles. The fourth-order valence-corrected chi connectivity index (χ4v) is 3.24. The minimum atomic E-state index is -0.592. The molecule has 1 heterocycles. The third kappa shape index (κ3) is 4.43. The van der Waals surface area contributed by atoms with Crippen LogP contribution in [0.3, 0.4) is 0 Å². The highest BCUT2D eigenvalue weighted by molar-refractivity contribution is 8.37. The van der Waals surface area contributed by atoms with Gasteiger partial charge < -0.3 is 10.1 Å². The number of carbonyl (C=O) groups excluding carboxylic acids is 2. The van der Waals surface area contributed by atoms with Crippen LogP contribution >= 0.6 is 35.1 Å². The number of benzene rings is 1. The molecule has 4 nitrogen and oxygen atoms in total. The van der Waals surface area contributed by atoms with Gasteiger partial charge in [0.25, 0.3) is 5.91 Å². The second kappa shape index (κ2) is 7.24. The van der Waals surface area contributed by atoms with E-state index in [0.29, 0.717) is 14.9 Å². The number of anilines is 1. The SMILES string of the molecule is CC(C)OC(=O)C(C(=O)Nc1ccc(Cl)cc1)=C1SCS1. The summed E-state index contributed by atoms with van der Waals surface area (Å²) < 4.78 is 5.84. The largest absolute Gasteiger partial charge is 0.459 e. The maximum Gasteiger partial charge on any atom is 0.345 e. The fourth-order valence-electron chi connectivity index (χ4n) is 1.53. The molecule has 112 valence electrons. The summed E-state index contributed by atoms with van der Waals surface area (Å²) in [6.45, 7) is 3.50. The Kier molecular flexibility index (Phi) is 5.61. The van der Waals surface area contributed by atoms with Gasteiger partial charge in [0, 0.05) is 15.8 Å². The lowest BCUT2D eigenvalue weighted by Gasteiger charge is -2.20. The zero-order valence-corrected chi connectivity index (χ0v) is 13.9. The van der Waals surface area contributed by atoms with E-state index in [-0.39, 0.29) is 11.7 Å². The Labute approximate surface area is 136 Å². The molecular formula is C14H14ClNO3S2. The van der Waals surface area contributed by atoms with Crippen molar-refractivity contribution in [3.05, 3.63) is 39.1 Å². The van der Waals surface area contributed by atoms with Crippen molar-refractivity contribution in [3.63, 3.8) is 0 Å². The van der Waals surface area contributed by atoms with E-state index in [4.69, 9.17) is 16.3 Å². The fraction of sp³-hybridized carbons (Fsp3) is 0.286. The van der Waals surface area contributed by atoms with Gasteiger partial charge in [0.05, 0.1) is 10.3 Å². The van der Waals surface area contributed by atoms with Crippen molar-refractivity contribution in [2.45, 2.75) is 20.0 Å². The standard InChI is InChI=1S/C14H14ClNO3S2/c1-8(2)19-13(18)11(14-20-7-21-14)12(17)16-10-5-3-9(15)4-6-10/h3-6,8H,7H2,1-2H3,(H,16,17). The first-order chi connectivity index (χ1) is 9.97. The summed E-state index contributed by atoms with van der Waals surface area (Å²) in [6.07, 6.45) is -0.272. The van der Waals surface area contributed by atoms with Crippen molar-refractivity contribution in [2.24, 2.45) is 0 Å². The normalized spacial score (nSPS) is 13.6. The molecule has 0 spiro atoms. The van der Waals surface area contributed by atoms with Crippen LogP contribution in [-0.4, -0.2) is 23.1 Å². The number of esters is 1. The highest BCUT2D eigenvalue weighted by Crippen LogP contribution is 2.45. The second-order valence-corrected chi connectivity index (χ2v) is 7.52. The van der Waals surface area contributed by atoms with E-state index in [1.807, 2.05) is 0 Å². The summed E-state index contributed by atoms with van der Waals surface area (Å²) in [6, 6.07) is 6.70. The van der Waals surface area contributed by atoms with Crippen molar-refractivity contribution >= 4 is 52.7 Å². The Morgan fingerprint density at radius 1 is 1.24 bits per heavy atom. The number of carbonyl (C=O) groups is 2. The third-order valence-electron chi connectivity index (χ3n) is 2.46. The second-order valence-electron chi connectivity index (χ2n) is 4.48. The molecular weight excluding hydrogens is 330 g/mol. The molecule has 2 rings (SSSR count). The van der Waals surface area contributed by atoms with Crippen LogP contribution in [0.2, 0.25) is 5.02 Å². The predicted octanol–water partition coefficient (Wildman–Crippen LogP) is 3.88. The molecule has 0 aliphatic carbocycles. The first-order valence-corrected chi connectivity index (χ1v) is 8.60. The van der Waals surface area contributed by atoms with Crippen LogP contribution in [0.25, 0.3) is 0 Å². The molecule has 0 bridgehead atoms. The van der Waals surface area contributed by atoms with Crippen molar-refractivity contribution < 1.29 is 14.3 Å². The summed E-state index contributed by atoms with van der Waals surface area (Å²) in [5.41, 5.74) is 0.647. The molecule has 1 amide bonds. The highest BCUT2D eigenvalue weighted by Gasteiger charge is 2.29. The number of halogens is 1. The van der Waals surface area contributed by atoms with E-state index in [1.54, 1.807) is 38.1 Å². The van der Waals surface area contributed by atoms with Crippen molar-refractivity contribution in [1.82, 2.24) is 0 Å². The monoisotopic (exact) mass is 343 g/mol. The molecule has 0 atom stereocenters. The van der Waals surface area contributed by atoms with Crippen molar-refractivity contribution in [2.75, 3.05) is 10.4 Å². The van der Waals surface area contributed by atoms with Gasteiger partial charge in [-0.2, -0.15) is 0 Å². The number of hydrogen-bond acceptors (Lipinski definition) is 5. The predicted molar refractivity (Wildman–Crippen MR) is 88.4 cm³/mol. The van der Waals surface area contributed by atoms with Crippen LogP contribution in [0, 0.1) is 0 Å². The molecule has 1 N–H and O–H groups in total. The molecule has 0 saturated carbocycles. The molecule has 1 fully saturated rings. The lowest BCUT2D eigenvalue weighted by Crippen LogP contribution is -2.26. The van der Waals surface area contributed by atoms with Gasteiger partial charge in [-0.1, -0.05) is 11.6 Å². The molecule has 0 unspecified atom stereocenters. The Morgan fingerprint density at radius 3 is 2.33 bits per heavy atom. The zero-order valence-electron chi connectivity index (χ0n) is 11.5. The maximum atomic E-state index is 12.3. The van der Waals surface area contributed by atoms with Gasteiger partial charge in [-0.05, 0) is 38.1 Å². The summed E-state index contributed by atoms with van der Waals surface area (Å²) in [5.74, 6) is -1.05. The first kappa shape index (κ1) is 16.3. The number of amides is 1. The van der Waals surface area contributed by atoms with E-state index < -0.39 is 11.9 Å². The van der Waals surface area contributed by atoms with Gasteiger partial charge >= 0.3 is 5.97 Å². The van der Waals surface area contributed by atoms with Crippen LogP contribution in [0.1, 0.15) is 13.8 Å². The quantitative estimate of drug-likeness (QED) is 0.389. The average molecular weight is 344 g/mol. The lowest BCUT2D eigenvalue weighted by molar-refractivity contribution is -0.143. The Bertz CT molecular complexity index is 578. The van der Waals surface area contributed by atoms with Crippen molar-refractivity contribution in [3.8, 4) is 0 Å². The van der Waals surface area contributed by atoms with Crippen LogP contribution in [0.4, 0.5) is 5.69 Å². The van der Waals surface area contributed by atoms with Gasteiger partial charge in [0.15, 0.2) is 0 Å². The molecule has 0 aromatic heterocycles. The summed E-state index contributed by atoms with van der Waals surface area (Å²) in [7, 11) is 0. The van der Waals surface area contributed by atoms with Crippen LogP contribution in [0.15, 0.2) is 34.1 Å². The van der Waals surface area contributed by atoms with E-state index in [2.05, 4.69) is 5.32 Å². The third-order valence-corrected chi connectivity index (χ3v) is 5.29. The summed E-state index contributed by atoms with van der Waals surface area (Å²) in [4.78, 5) is 24.4. The molecule has 1 aromatic rings. The smallest absolute Gasteiger partial charge is 0.345 e. The number of nitrogens with one attached hydrogen (secondary N) is 1. The molecule has 1 saturated heterocycles. The summed E-state index contributed by atoms with van der Waals surface area (Å²) in [5, 5.41) is 4.10. The number of rotatable bonds is 4. The van der Waals surface area contributed by atoms with Crippen LogP contribution in [0.5, 0.6) is 0 Å². The highest BCUT2D eigenvalue weighted by atomic mass is 35.5. The first-order valence-electron chi connectivity index (χ1n) is 6.25. The van der Waals surface area contributed by atoms with E-state index in [1.165, 1.54) is 23.5 Å². The molecule has 21 heavy (non-hydrogen) atoms. The van der Waals surface area contributed by atoms with Gasteiger partial charge in [-0.3, -0.25) is 4.79 Å². The maximum absolute atomic E-state index is 12.3. The molecule has 1 aliphatic rings. The van der Waals surface area contributed by atoms with Gasteiger partial charge in [0.2, 0.25) is 0 Å². The van der Waals surface area contributed by atoms with Crippen LogP contribution < -0.4 is 5.32 Å². The van der Waals surface area contributed by atoms with E-state index >= 15 is 0 Å². The number of ether oxygens (including phenoxy) is 1. The Hall–Kier alpha value is -1.11. The van der Waals surface area contributed by atoms with Crippen molar-refractivity contribution in [1.29, 1.82) is 0 Å². The minimum absolute atomic E-state index is 0.0694. The molecule has 1 aromatic carbocycles. The Morgan fingerprint density at radius 2 is 1.86 bits per heavy atom. The zero-order chi connectivity index (χ0) is 15.4. The number of hydrogen-bond donors (Lipinski definition) is 1. The van der Waals surface area contributed by atoms with Gasteiger partial charge in [0.1, 0.15) is 5.57 Å². The molecule has 0 radical (unpaired) electrons. The summed E-state index contributed by atoms with van der Waals surface area (Å²) >= 11 is 8.74. The van der Waals surface area contributed by atoms with E-state index in [9.17, 15) is 9.59 Å². The topological polar surface area (TPSA) is 55.4 Å². The van der Waals surface area contributed by atoms with Crippen LogP contribution in [-0.2, 0) is 14.3 Å². The van der Waals surface area contributed by atoms with Gasteiger partial charge in [-0.15, -0.1) is 23.5 Å². The van der Waals surface area contributed by atoms with Gasteiger partial charge in [-0.25, -0.2) is 4.79 Å². The number of thioether (sulfide) groups is 2.